The lowest BCUT2D eigenvalue weighted by atomic mass is 10.2. The van der Waals surface area contributed by atoms with Gasteiger partial charge in [-0.25, -0.2) is 4.98 Å². The number of pyridine rings is 1. The second-order valence-electron chi connectivity index (χ2n) is 4.07. The lowest BCUT2D eigenvalue weighted by Crippen LogP contribution is -2.32. The van der Waals surface area contributed by atoms with E-state index in [1.54, 1.807) is 13.1 Å². The lowest BCUT2D eigenvalue weighted by Gasteiger charge is -2.26. The molecule has 0 aliphatic heterocycles. The quantitative estimate of drug-likeness (QED) is 0.861. The predicted molar refractivity (Wildman–Crippen MR) is 73.6 cm³/mol. The monoisotopic (exact) mass is 262 g/mol. The van der Waals surface area contributed by atoms with Gasteiger partial charge in [-0.1, -0.05) is 29.8 Å². The summed E-state index contributed by atoms with van der Waals surface area (Å²) in [5.74, 6) is 0.752. The maximum absolute atomic E-state index is 9.84. The molecule has 0 saturated heterocycles. The van der Waals surface area contributed by atoms with Gasteiger partial charge in [0, 0.05) is 17.8 Å². The lowest BCUT2D eigenvalue weighted by molar-refractivity contribution is 0.186. The molecule has 0 bridgehead atoms. The number of halogens is 1. The van der Waals surface area contributed by atoms with Crippen molar-refractivity contribution in [3.63, 3.8) is 0 Å². The number of aromatic nitrogens is 1. The Morgan fingerprint density at radius 1 is 1.22 bits per heavy atom. The third-order valence-electron chi connectivity index (χ3n) is 2.66. The molecule has 0 amide bonds. The molecule has 2 aromatic rings. The van der Waals surface area contributed by atoms with Gasteiger partial charge in [-0.3, -0.25) is 0 Å². The standard InChI is InChI=1S/C14H15ClN2O/c1-11(18)17(14-4-2-3-9-16-14)10-12-5-7-13(15)8-6-12/h2-9,11,18H,10H2,1H3. The second kappa shape index (κ2) is 5.85. The van der Waals surface area contributed by atoms with Crippen molar-refractivity contribution in [3.8, 4) is 0 Å². The number of aliphatic hydroxyl groups excluding tert-OH is 1. The Labute approximate surface area is 112 Å². The van der Waals surface area contributed by atoms with Crippen molar-refractivity contribution in [2.24, 2.45) is 0 Å². The van der Waals surface area contributed by atoms with Crippen LogP contribution < -0.4 is 4.90 Å². The molecule has 4 heteroatoms. The van der Waals surface area contributed by atoms with Crippen molar-refractivity contribution in [2.45, 2.75) is 19.7 Å². The minimum atomic E-state index is -0.601. The maximum atomic E-state index is 9.84. The number of hydrogen-bond donors (Lipinski definition) is 1. The fourth-order valence-corrected chi connectivity index (χ4v) is 1.84. The van der Waals surface area contributed by atoms with Crippen LogP contribution in [0, 0.1) is 0 Å². The molecule has 1 aromatic heterocycles. The van der Waals surface area contributed by atoms with Gasteiger partial charge in [-0.2, -0.15) is 0 Å². The van der Waals surface area contributed by atoms with Crippen LogP contribution in [0.4, 0.5) is 5.82 Å². The molecule has 0 saturated carbocycles. The number of anilines is 1. The number of benzene rings is 1. The highest BCUT2D eigenvalue weighted by Gasteiger charge is 2.13. The van der Waals surface area contributed by atoms with Crippen LogP contribution in [0.3, 0.4) is 0 Å². The van der Waals surface area contributed by atoms with Gasteiger partial charge in [0.2, 0.25) is 0 Å². The van der Waals surface area contributed by atoms with E-state index in [0.717, 1.165) is 11.4 Å². The van der Waals surface area contributed by atoms with E-state index in [-0.39, 0.29) is 0 Å². The minimum absolute atomic E-state index is 0.589. The highest BCUT2D eigenvalue weighted by molar-refractivity contribution is 6.30. The molecule has 3 nitrogen and oxygen atoms in total. The Hall–Kier alpha value is -1.58. The topological polar surface area (TPSA) is 36.4 Å². The summed E-state index contributed by atoms with van der Waals surface area (Å²) in [5, 5.41) is 10.5. The summed E-state index contributed by atoms with van der Waals surface area (Å²) in [7, 11) is 0. The SMILES string of the molecule is CC(O)N(Cc1ccc(Cl)cc1)c1ccccn1. The fraction of sp³-hybridized carbons (Fsp3) is 0.214. The third-order valence-corrected chi connectivity index (χ3v) is 2.91. The largest absolute Gasteiger partial charge is 0.374 e. The fourth-order valence-electron chi connectivity index (χ4n) is 1.71. The molecular formula is C14H15ClN2O. The third kappa shape index (κ3) is 3.22. The molecule has 1 N–H and O–H groups in total. The van der Waals surface area contributed by atoms with E-state index in [2.05, 4.69) is 4.98 Å². The molecule has 0 radical (unpaired) electrons. The molecule has 1 unspecified atom stereocenters. The molecule has 1 atom stereocenters. The molecule has 0 fully saturated rings. The maximum Gasteiger partial charge on any atom is 0.130 e. The summed E-state index contributed by atoms with van der Waals surface area (Å²) in [4.78, 5) is 6.08. The average molecular weight is 263 g/mol. The highest BCUT2D eigenvalue weighted by Crippen LogP contribution is 2.17. The van der Waals surface area contributed by atoms with Gasteiger partial charge in [-0.05, 0) is 36.8 Å². The Morgan fingerprint density at radius 3 is 2.50 bits per heavy atom. The molecule has 0 spiro atoms. The van der Waals surface area contributed by atoms with Crippen LogP contribution >= 0.6 is 11.6 Å². The molecule has 18 heavy (non-hydrogen) atoms. The van der Waals surface area contributed by atoms with E-state index in [1.807, 2.05) is 47.4 Å². The Morgan fingerprint density at radius 2 is 1.94 bits per heavy atom. The van der Waals surface area contributed by atoms with Crippen LogP contribution in [0.5, 0.6) is 0 Å². The van der Waals surface area contributed by atoms with Crippen molar-refractivity contribution in [1.82, 2.24) is 4.98 Å². The number of nitrogens with zero attached hydrogens (tertiary/aromatic N) is 2. The van der Waals surface area contributed by atoms with Gasteiger partial charge in [0.05, 0.1) is 0 Å². The van der Waals surface area contributed by atoms with Gasteiger partial charge in [0.25, 0.3) is 0 Å². The van der Waals surface area contributed by atoms with E-state index >= 15 is 0 Å². The molecule has 0 aliphatic carbocycles. The molecular weight excluding hydrogens is 248 g/mol. The average Bonchev–Trinajstić information content (AvgIpc) is 2.38. The molecule has 0 aliphatic rings. The smallest absolute Gasteiger partial charge is 0.130 e. The van der Waals surface area contributed by atoms with Crippen LogP contribution in [0.2, 0.25) is 5.02 Å². The van der Waals surface area contributed by atoms with Crippen molar-refractivity contribution in [2.75, 3.05) is 4.90 Å². The minimum Gasteiger partial charge on any atom is -0.374 e. The zero-order chi connectivity index (χ0) is 13.0. The summed E-state index contributed by atoms with van der Waals surface area (Å²) in [6, 6.07) is 13.2. The van der Waals surface area contributed by atoms with Crippen LogP contribution in [-0.4, -0.2) is 16.3 Å². The number of hydrogen-bond acceptors (Lipinski definition) is 3. The first-order valence-corrected chi connectivity index (χ1v) is 6.15. The summed E-state index contributed by atoms with van der Waals surface area (Å²) < 4.78 is 0. The zero-order valence-corrected chi connectivity index (χ0v) is 10.9. The van der Waals surface area contributed by atoms with Crippen LogP contribution in [0.1, 0.15) is 12.5 Å². The number of aliphatic hydroxyl groups is 1. The Balaban J connectivity index is 2.19. The highest BCUT2D eigenvalue weighted by atomic mass is 35.5. The van der Waals surface area contributed by atoms with E-state index in [9.17, 15) is 5.11 Å². The molecule has 1 aromatic carbocycles. The normalized spacial score (nSPS) is 12.2. The second-order valence-corrected chi connectivity index (χ2v) is 4.51. The Kier molecular flexibility index (Phi) is 4.18. The first-order chi connectivity index (χ1) is 8.66. The van der Waals surface area contributed by atoms with Gasteiger partial charge in [0.15, 0.2) is 0 Å². The van der Waals surface area contributed by atoms with Crippen molar-refractivity contribution in [1.29, 1.82) is 0 Å². The zero-order valence-electron chi connectivity index (χ0n) is 10.1. The summed E-state index contributed by atoms with van der Waals surface area (Å²) in [6.45, 7) is 2.32. The Bertz CT molecular complexity index is 485. The molecule has 94 valence electrons. The van der Waals surface area contributed by atoms with Gasteiger partial charge in [-0.15, -0.1) is 0 Å². The van der Waals surface area contributed by atoms with E-state index in [1.165, 1.54) is 0 Å². The summed E-state index contributed by atoms with van der Waals surface area (Å²) in [6.07, 6.45) is 1.11. The summed E-state index contributed by atoms with van der Waals surface area (Å²) >= 11 is 5.85. The summed E-state index contributed by atoms with van der Waals surface area (Å²) in [5.41, 5.74) is 1.07. The van der Waals surface area contributed by atoms with Crippen LogP contribution in [-0.2, 0) is 6.54 Å². The van der Waals surface area contributed by atoms with Gasteiger partial charge in [0.1, 0.15) is 12.0 Å². The van der Waals surface area contributed by atoms with E-state index in [4.69, 9.17) is 11.6 Å². The van der Waals surface area contributed by atoms with E-state index < -0.39 is 6.23 Å². The van der Waals surface area contributed by atoms with Gasteiger partial charge >= 0.3 is 0 Å². The predicted octanol–water partition coefficient (Wildman–Crippen LogP) is 3.08. The van der Waals surface area contributed by atoms with Crippen molar-refractivity contribution < 1.29 is 5.11 Å². The van der Waals surface area contributed by atoms with Crippen LogP contribution in [0.25, 0.3) is 0 Å². The first kappa shape index (κ1) is 12.9. The first-order valence-electron chi connectivity index (χ1n) is 5.77. The van der Waals surface area contributed by atoms with Crippen LogP contribution in [0.15, 0.2) is 48.7 Å². The number of rotatable bonds is 4. The van der Waals surface area contributed by atoms with Crippen molar-refractivity contribution >= 4 is 17.4 Å². The molecule has 1 heterocycles. The van der Waals surface area contributed by atoms with Gasteiger partial charge < -0.3 is 10.0 Å². The van der Waals surface area contributed by atoms with Crippen molar-refractivity contribution in [3.05, 3.63) is 59.2 Å². The van der Waals surface area contributed by atoms with E-state index in [0.29, 0.717) is 11.6 Å². The molecule has 2 rings (SSSR count).